The lowest BCUT2D eigenvalue weighted by molar-refractivity contribution is 0.628. The van der Waals surface area contributed by atoms with Crippen LogP contribution in [0.4, 0.5) is 10.1 Å². The van der Waals surface area contributed by atoms with Crippen LogP contribution in [0.1, 0.15) is 22.7 Å². The van der Waals surface area contributed by atoms with Gasteiger partial charge in [0, 0.05) is 12.2 Å². The first-order chi connectivity index (χ1) is 9.11. The van der Waals surface area contributed by atoms with E-state index in [0.29, 0.717) is 6.54 Å². The lowest BCUT2D eigenvalue weighted by atomic mass is 9.97. The molecule has 100 valence electrons. The highest BCUT2D eigenvalue weighted by Crippen LogP contribution is 2.23. The molecule has 2 aromatic carbocycles. The second-order valence-corrected chi connectivity index (χ2v) is 4.73. The molecule has 3 heteroatoms. The van der Waals surface area contributed by atoms with Gasteiger partial charge in [0.1, 0.15) is 5.82 Å². The number of hydrogen-bond acceptors (Lipinski definition) is 2. The summed E-state index contributed by atoms with van der Waals surface area (Å²) < 4.78 is 12.9. The van der Waals surface area contributed by atoms with Gasteiger partial charge in [-0.15, -0.1) is 0 Å². The minimum absolute atomic E-state index is 0.0327. The maximum absolute atomic E-state index is 12.9. The maximum Gasteiger partial charge on any atom is 0.123 e. The van der Waals surface area contributed by atoms with Crippen molar-refractivity contribution in [1.82, 2.24) is 0 Å². The smallest absolute Gasteiger partial charge is 0.123 e. The number of benzene rings is 2. The fourth-order valence-electron chi connectivity index (χ4n) is 2.16. The van der Waals surface area contributed by atoms with Gasteiger partial charge in [0.05, 0.1) is 6.04 Å². The number of anilines is 1. The molecule has 2 aromatic rings. The first-order valence-corrected chi connectivity index (χ1v) is 6.40. The summed E-state index contributed by atoms with van der Waals surface area (Å²) in [6.07, 6.45) is 0. The molecule has 0 saturated carbocycles. The number of aryl methyl sites for hydroxylation is 1. The Kier molecular flexibility index (Phi) is 4.17. The molecular weight excluding hydrogens is 239 g/mol. The second-order valence-electron chi connectivity index (χ2n) is 4.73. The van der Waals surface area contributed by atoms with Crippen molar-refractivity contribution in [3.63, 3.8) is 0 Å². The normalized spacial score (nSPS) is 12.2. The third-order valence-electron chi connectivity index (χ3n) is 3.44. The highest BCUT2D eigenvalue weighted by atomic mass is 19.1. The Hall–Kier alpha value is -1.87. The number of halogens is 1. The minimum Gasteiger partial charge on any atom is -0.377 e. The van der Waals surface area contributed by atoms with Gasteiger partial charge in [-0.25, -0.2) is 4.39 Å². The predicted molar refractivity (Wildman–Crippen MR) is 77.7 cm³/mol. The van der Waals surface area contributed by atoms with E-state index in [1.54, 1.807) is 12.1 Å². The van der Waals surface area contributed by atoms with E-state index in [-0.39, 0.29) is 11.9 Å². The molecule has 3 N–H and O–H groups in total. The summed E-state index contributed by atoms with van der Waals surface area (Å²) in [5.74, 6) is -0.235. The Bertz CT molecular complexity index is 549. The Balaban J connectivity index is 2.25. The summed E-state index contributed by atoms with van der Waals surface area (Å²) in [6.45, 7) is 4.67. The van der Waals surface area contributed by atoms with Gasteiger partial charge in [-0.2, -0.15) is 0 Å². The lowest BCUT2D eigenvalue weighted by Gasteiger charge is -2.21. The molecule has 19 heavy (non-hydrogen) atoms. The average Bonchev–Trinajstić information content (AvgIpc) is 2.42. The average molecular weight is 258 g/mol. The largest absolute Gasteiger partial charge is 0.377 e. The van der Waals surface area contributed by atoms with Crippen LogP contribution in [0.3, 0.4) is 0 Å². The van der Waals surface area contributed by atoms with Crippen LogP contribution >= 0.6 is 0 Å². The number of rotatable bonds is 4. The number of nitrogens with one attached hydrogen (secondary N) is 1. The van der Waals surface area contributed by atoms with Gasteiger partial charge >= 0.3 is 0 Å². The monoisotopic (exact) mass is 258 g/mol. The van der Waals surface area contributed by atoms with Crippen molar-refractivity contribution in [3.05, 3.63) is 65.0 Å². The standard InChI is InChI=1S/C16H19FN2/c1-11-4-3-5-15(12(11)2)16(10-18)19-14-8-6-13(17)7-9-14/h3-9,16,19H,10,18H2,1-2H3. The summed E-state index contributed by atoms with van der Waals surface area (Å²) >= 11 is 0. The summed E-state index contributed by atoms with van der Waals surface area (Å²) in [6, 6.07) is 12.6. The fourth-order valence-corrected chi connectivity index (χ4v) is 2.16. The SMILES string of the molecule is Cc1cccc(C(CN)Nc2ccc(F)cc2)c1C. The van der Waals surface area contributed by atoms with Gasteiger partial charge < -0.3 is 11.1 Å². The van der Waals surface area contributed by atoms with Gasteiger partial charge in [-0.1, -0.05) is 18.2 Å². The predicted octanol–water partition coefficient (Wildman–Crippen LogP) is 3.55. The van der Waals surface area contributed by atoms with Crippen molar-refractivity contribution >= 4 is 5.69 Å². The highest BCUT2D eigenvalue weighted by Gasteiger charge is 2.12. The van der Waals surface area contributed by atoms with E-state index in [4.69, 9.17) is 5.73 Å². The Morgan fingerprint density at radius 2 is 1.79 bits per heavy atom. The van der Waals surface area contributed by atoms with Crippen molar-refractivity contribution in [1.29, 1.82) is 0 Å². The molecule has 2 rings (SSSR count). The lowest BCUT2D eigenvalue weighted by Crippen LogP contribution is -2.21. The number of nitrogens with two attached hydrogens (primary N) is 1. The van der Waals surface area contributed by atoms with Crippen LogP contribution in [0.15, 0.2) is 42.5 Å². The molecule has 0 spiro atoms. The first-order valence-electron chi connectivity index (χ1n) is 6.40. The second kappa shape index (κ2) is 5.85. The van der Waals surface area contributed by atoms with Crippen molar-refractivity contribution in [2.45, 2.75) is 19.9 Å². The van der Waals surface area contributed by atoms with Crippen molar-refractivity contribution in [3.8, 4) is 0 Å². The quantitative estimate of drug-likeness (QED) is 0.880. The molecule has 0 amide bonds. The Labute approximate surface area is 113 Å². The molecule has 0 aliphatic heterocycles. The topological polar surface area (TPSA) is 38.0 Å². The van der Waals surface area contributed by atoms with Crippen LogP contribution in [0, 0.1) is 19.7 Å². The van der Waals surface area contributed by atoms with Crippen LogP contribution in [0.5, 0.6) is 0 Å². The van der Waals surface area contributed by atoms with Gasteiger partial charge in [0.15, 0.2) is 0 Å². The van der Waals surface area contributed by atoms with E-state index in [0.717, 1.165) is 5.69 Å². The van der Waals surface area contributed by atoms with Crippen LogP contribution in [0.25, 0.3) is 0 Å². The molecule has 0 radical (unpaired) electrons. The zero-order valence-electron chi connectivity index (χ0n) is 11.3. The molecule has 0 aliphatic rings. The molecule has 1 unspecified atom stereocenters. The van der Waals surface area contributed by atoms with E-state index in [2.05, 4.69) is 31.3 Å². The van der Waals surface area contributed by atoms with Gasteiger partial charge in [0.25, 0.3) is 0 Å². The molecule has 0 aliphatic carbocycles. The van der Waals surface area contributed by atoms with Crippen molar-refractivity contribution in [2.24, 2.45) is 5.73 Å². The molecule has 0 fully saturated rings. The van der Waals surface area contributed by atoms with Crippen LogP contribution in [-0.2, 0) is 0 Å². The first kappa shape index (κ1) is 13.6. The summed E-state index contributed by atoms with van der Waals surface area (Å²) in [4.78, 5) is 0. The van der Waals surface area contributed by atoms with E-state index in [1.165, 1.54) is 28.8 Å². The van der Waals surface area contributed by atoms with E-state index >= 15 is 0 Å². The molecule has 2 nitrogen and oxygen atoms in total. The zero-order chi connectivity index (χ0) is 13.8. The molecule has 1 atom stereocenters. The molecule has 0 aromatic heterocycles. The van der Waals surface area contributed by atoms with Crippen LogP contribution < -0.4 is 11.1 Å². The molecule has 0 bridgehead atoms. The molecular formula is C16H19FN2. The minimum atomic E-state index is -0.235. The van der Waals surface area contributed by atoms with Crippen molar-refractivity contribution < 1.29 is 4.39 Å². The van der Waals surface area contributed by atoms with Gasteiger partial charge in [0.2, 0.25) is 0 Å². The zero-order valence-corrected chi connectivity index (χ0v) is 11.3. The van der Waals surface area contributed by atoms with Crippen molar-refractivity contribution in [2.75, 3.05) is 11.9 Å². The highest BCUT2D eigenvalue weighted by molar-refractivity contribution is 5.47. The third kappa shape index (κ3) is 3.12. The maximum atomic E-state index is 12.9. The summed E-state index contributed by atoms with van der Waals surface area (Å²) in [7, 11) is 0. The summed E-state index contributed by atoms with van der Waals surface area (Å²) in [5.41, 5.74) is 10.4. The van der Waals surface area contributed by atoms with E-state index in [9.17, 15) is 4.39 Å². The van der Waals surface area contributed by atoms with Gasteiger partial charge in [-0.3, -0.25) is 0 Å². The third-order valence-corrected chi connectivity index (χ3v) is 3.44. The van der Waals surface area contributed by atoms with Crippen LogP contribution in [-0.4, -0.2) is 6.54 Å². The molecule has 0 heterocycles. The van der Waals surface area contributed by atoms with Crippen LogP contribution in [0.2, 0.25) is 0 Å². The Morgan fingerprint density at radius 3 is 2.42 bits per heavy atom. The van der Waals surface area contributed by atoms with E-state index < -0.39 is 0 Å². The molecule has 0 saturated heterocycles. The number of hydrogen-bond donors (Lipinski definition) is 2. The van der Waals surface area contributed by atoms with E-state index in [1.807, 2.05) is 6.07 Å². The Morgan fingerprint density at radius 1 is 1.11 bits per heavy atom. The summed E-state index contributed by atoms with van der Waals surface area (Å²) in [5, 5.41) is 3.35. The van der Waals surface area contributed by atoms with Gasteiger partial charge in [-0.05, 0) is 54.8 Å². The fraction of sp³-hybridized carbons (Fsp3) is 0.250.